The van der Waals surface area contributed by atoms with Crippen LogP contribution in [0.2, 0.25) is 0 Å². The van der Waals surface area contributed by atoms with Gasteiger partial charge in [-0.15, -0.1) is 0 Å². The summed E-state index contributed by atoms with van der Waals surface area (Å²) in [6.07, 6.45) is 3.38. The molecule has 0 aliphatic carbocycles. The first kappa shape index (κ1) is 16.5. The van der Waals surface area contributed by atoms with Gasteiger partial charge in [0.15, 0.2) is 0 Å². The predicted octanol–water partition coefficient (Wildman–Crippen LogP) is 2.34. The zero-order valence-corrected chi connectivity index (χ0v) is 14.2. The number of piperidine rings is 1. The molecule has 4 nitrogen and oxygen atoms in total. The number of sulfonamides is 1. The van der Waals surface area contributed by atoms with E-state index in [2.05, 4.69) is 10.0 Å². The van der Waals surface area contributed by atoms with Crippen molar-refractivity contribution >= 4 is 10.0 Å². The number of hydrogen-bond donors (Lipinski definition) is 2. The number of aryl methyl sites for hydroxylation is 2. The van der Waals surface area contributed by atoms with Crippen LogP contribution in [-0.4, -0.2) is 27.5 Å². The number of nitrogens with one attached hydrogen (secondary N) is 2. The molecule has 118 valence electrons. The molecule has 1 saturated heterocycles. The van der Waals surface area contributed by atoms with E-state index in [1.165, 1.54) is 12.8 Å². The van der Waals surface area contributed by atoms with Crippen molar-refractivity contribution in [3.63, 3.8) is 0 Å². The third-order valence-electron chi connectivity index (χ3n) is 4.50. The van der Waals surface area contributed by atoms with Crippen molar-refractivity contribution in [3.8, 4) is 0 Å². The lowest BCUT2D eigenvalue weighted by Crippen LogP contribution is -2.43. The molecule has 1 unspecified atom stereocenters. The largest absolute Gasteiger partial charge is 0.313 e. The average Bonchev–Trinajstić information content (AvgIpc) is 2.44. The molecule has 0 spiro atoms. The molecule has 1 aliphatic rings. The van der Waals surface area contributed by atoms with E-state index in [0.717, 1.165) is 35.2 Å². The molecule has 5 heteroatoms. The van der Waals surface area contributed by atoms with E-state index in [0.29, 0.717) is 11.4 Å². The van der Waals surface area contributed by atoms with E-state index in [1.807, 2.05) is 33.8 Å². The van der Waals surface area contributed by atoms with Crippen LogP contribution in [0.15, 0.2) is 11.0 Å². The Balaban J connectivity index is 2.23. The minimum Gasteiger partial charge on any atom is -0.313 e. The third-order valence-corrected chi connectivity index (χ3v) is 6.19. The van der Waals surface area contributed by atoms with Gasteiger partial charge in [0, 0.05) is 12.6 Å². The molecule has 0 saturated carbocycles. The van der Waals surface area contributed by atoms with Crippen LogP contribution >= 0.6 is 0 Å². The predicted molar refractivity (Wildman–Crippen MR) is 86.2 cm³/mol. The second-order valence-electron chi connectivity index (χ2n) is 6.09. The summed E-state index contributed by atoms with van der Waals surface area (Å²) >= 11 is 0. The first-order chi connectivity index (χ1) is 9.83. The van der Waals surface area contributed by atoms with Gasteiger partial charge in [0.1, 0.15) is 0 Å². The zero-order chi connectivity index (χ0) is 15.6. The number of hydrogen-bond acceptors (Lipinski definition) is 3. The molecule has 1 aromatic carbocycles. The van der Waals surface area contributed by atoms with Crippen molar-refractivity contribution in [2.45, 2.75) is 57.9 Å². The van der Waals surface area contributed by atoms with Crippen molar-refractivity contribution in [3.05, 3.63) is 28.3 Å². The molecule has 0 radical (unpaired) electrons. The first-order valence-corrected chi connectivity index (χ1v) is 9.11. The Kier molecular flexibility index (Phi) is 5.07. The summed E-state index contributed by atoms with van der Waals surface area (Å²) in [5, 5.41) is 3.37. The van der Waals surface area contributed by atoms with E-state index in [9.17, 15) is 8.42 Å². The summed E-state index contributed by atoms with van der Waals surface area (Å²) in [5.41, 5.74) is 3.74. The summed E-state index contributed by atoms with van der Waals surface area (Å²) in [5.74, 6) is 0. The maximum absolute atomic E-state index is 12.7. The lowest BCUT2D eigenvalue weighted by Gasteiger charge is -2.24. The molecule has 0 bridgehead atoms. The average molecular weight is 310 g/mol. The Hall–Kier alpha value is -0.910. The monoisotopic (exact) mass is 310 g/mol. The second kappa shape index (κ2) is 6.46. The third kappa shape index (κ3) is 3.65. The highest BCUT2D eigenvalue weighted by Crippen LogP contribution is 2.25. The highest BCUT2D eigenvalue weighted by atomic mass is 32.2. The van der Waals surface area contributed by atoms with Gasteiger partial charge in [-0.05, 0) is 69.3 Å². The Bertz CT molecular complexity index is 591. The quantitative estimate of drug-likeness (QED) is 0.897. The Morgan fingerprint density at radius 2 is 1.76 bits per heavy atom. The van der Waals surface area contributed by atoms with Crippen molar-refractivity contribution in [2.24, 2.45) is 0 Å². The Morgan fingerprint density at radius 1 is 1.14 bits per heavy atom. The maximum Gasteiger partial charge on any atom is 0.241 e. The van der Waals surface area contributed by atoms with Gasteiger partial charge >= 0.3 is 0 Å². The van der Waals surface area contributed by atoms with Crippen LogP contribution in [0.3, 0.4) is 0 Å². The minimum atomic E-state index is -3.46. The van der Waals surface area contributed by atoms with E-state index in [-0.39, 0.29) is 6.04 Å². The molecule has 1 aliphatic heterocycles. The summed E-state index contributed by atoms with van der Waals surface area (Å²) < 4.78 is 28.2. The van der Waals surface area contributed by atoms with E-state index in [4.69, 9.17) is 0 Å². The molecule has 1 fully saturated rings. The van der Waals surface area contributed by atoms with Crippen molar-refractivity contribution in [1.82, 2.24) is 10.0 Å². The van der Waals surface area contributed by atoms with Crippen molar-refractivity contribution < 1.29 is 8.42 Å². The lowest BCUT2D eigenvalue weighted by molar-refractivity contribution is 0.398. The van der Waals surface area contributed by atoms with Crippen LogP contribution in [0.5, 0.6) is 0 Å². The fourth-order valence-electron chi connectivity index (χ4n) is 2.96. The van der Waals surface area contributed by atoms with Crippen LogP contribution < -0.4 is 10.0 Å². The lowest BCUT2D eigenvalue weighted by atomic mass is 10.0. The molecule has 0 aromatic heterocycles. The molecule has 2 rings (SSSR count). The van der Waals surface area contributed by atoms with Gasteiger partial charge in [0.2, 0.25) is 10.0 Å². The van der Waals surface area contributed by atoms with Gasteiger partial charge in [-0.1, -0.05) is 12.5 Å². The molecule has 1 aromatic rings. The van der Waals surface area contributed by atoms with Gasteiger partial charge in [0.25, 0.3) is 0 Å². The SMILES string of the molecule is Cc1cc(C)c(C)c(S(=O)(=O)NCC2CCCCN2)c1C. The van der Waals surface area contributed by atoms with Crippen LogP contribution in [-0.2, 0) is 10.0 Å². The summed E-state index contributed by atoms with van der Waals surface area (Å²) in [4.78, 5) is 0.454. The second-order valence-corrected chi connectivity index (χ2v) is 7.79. The molecule has 21 heavy (non-hydrogen) atoms. The molecular weight excluding hydrogens is 284 g/mol. The molecule has 1 heterocycles. The van der Waals surface area contributed by atoms with Crippen LogP contribution in [0.25, 0.3) is 0 Å². The zero-order valence-electron chi connectivity index (χ0n) is 13.4. The van der Waals surface area contributed by atoms with Crippen molar-refractivity contribution in [2.75, 3.05) is 13.1 Å². The number of rotatable bonds is 4. The van der Waals surface area contributed by atoms with Crippen molar-refractivity contribution in [1.29, 1.82) is 0 Å². The van der Waals surface area contributed by atoms with Gasteiger partial charge in [-0.3, -0.25) is 0 Å². The van der Waals surface area contributed by atoms with Crippen LogP contribution in [0, 0.1) is 27.7 Å². The topological polar surface area (TPSA) is 58.2 Å². The summed E-state index contributed by atoms with van der Waals surface area (Å²) in [6.45, 7) is 9.14. The number of benzene rings is 1. The van der Waals surface area contributed by atoms with Gasteiger partial charge < -0.3 is 5.32 Å². The van der Waals surface area contributed by atoms with Gasteiger partial charge in [-0.25, -0.2) is 13.1 Å². The van der Waals surface area contributed by atoms with Gasteiger partial charge in [-0.2, -0.15) is 0 Å². The maximum atomic E-state index is 12.7. The normalized spacial score (nSPS) is 19.7. The van der Waals surface area contributed by atoms with E-state index in [1.54, 1.807) is 0 Å². The Labute approximate surface area is 128 Å². The fraction of sp³-hybridized carbons (Fsp3) is 0.625. The molecule has 2 N–H and O–H groups in total. The standard InChI is InChI=1S/C16H26N2O2S/c1-11-9-12(2)14(4)16(13(11)3)21(19,20)18-10-15-7-5-6-8-17-15/h9,15,17-18H,5-8,10H2,1-4H3. The summed E-state index contributed by atoms with van der Waals surface area (Å²) in [7, 11) is -3.46. The van der Waals surface area contributed by atoms with E-state index < -0.39 is 10.0 Å². The molecular formula is C16H26N2O2S. The van der Waals surface area contributed by atoms with Crippen LogP contribution in [0.1, 0.15) is 41.5 Å². The molecule has 1 atom stereocenters. The first-order valence-electron chi connectivity index (χ1n) is 7.63. The smallest absolute Gasteiger partial charge is 0.241 e. The Morgan fingerprint density at radius 3 is 2.29 bits per heavy atom. The fourth-order valence-corrected chi connectivity index (χ4v) is 4.66. The van der Waals surface area contributed by atoms with Gasteiger partial charge in [0.05, 0.1) is 4.90 Å². The highest BCUT2D eigenvalue weighted by Gasteiger charge is 2.23. The van der Waals surface area contributed by atoms with E-state index >= 15 is 0 Å². The minimum absolute atomic E-state index is 0.250. The highest BCUT2D eigenvalue weighted by molar-refractivity contribution is 7.89. The summed E-state index contributed by atoms with van der Waals surface area (Å²) in [6, 6.07) is 2.30. The van der Waals surface area contributed by atoms with Crippen LogP contribution in [0.4, 0.5) is 0 Å². The molecule has 0 amide bonds.